The van der Waals surface area contributed by atoms with Crippen LogP contribution in [0, 0.1) is 0 Å². The number of carboxylic acids is 1. The van der Waals surface area contributed by atoms with Gasteiger partial charge < -0.3 is 32.9 Å². The predicted molar refractivity (Wildman–Crippen MR) is 123 cm³/mol. The maximum absolute atomic E-state index is 12.8. The molecule has 3 unspecified atom stereocenters. The molecule has 1 aromatic carbocycles. The van der Waals surface area contributed by atoms with Crippen LogP contribution < -0.4 is 27.8 Å². The van der Waals surface area contributed by atoms with Gasteiger partial charge in [0.2, 0.25) is 11.8 Å². The fourth-order valence-corrected chi connectivity index (χ4v) is 3.23. The topological polar surface area (TPSA) is 186 Å². The quantitative estimate of drug-likeness (QED) is 0.123. The Morgan fingerprint density at radius 2 is 1.71 bits per heavy atom. The summed E-state index contributed by atoms with van der Waals surface area (Å²) < 4.78 is 0. The van der Waals surface area contributed by atoms with E-state index in [0.717, 1.165) is 5.56 Å². The summed E-state index contributed by atoms with van der Waals surface area (Å²) in [6, 6.07) is 6.27. The molecule has 0 radical (unpaired) electrons. The van der Waals surface area contributed by atoms with Gasteiger partial charge in [0.15, 0.2) is 5.96 Å². The zero-order chi connectivity index (χ0) is 23.2. The maximum Gasteiger partial charge on any atom is 0.326 e. The van der Waals surface area contributed by atoms with Crippen molar-refractivity contribution in [3.63, 3.8) is 0 Å². The van der Waals surface area contributed by atoms with Gasteiger partial charge in [0.25, 0.3) is 0 Å². The second kappa shape index (κ2) is 14.3. The van der Waals surface area contributed by atoms with E-state index < -0.39 is 35.9 Å². The molecule has 10 nitrogen and oxygen atoms in total. The van der Waals surface area contributed by atoms with Crippen molar-refractivity contribution in [3.05, 3.63) is 35.9 Å². The Hall–Kier alpha value is -2.79. The van der Waals surface area contributed by atoms with E-state index in [-0.39, 0.29) is 18.8 Å². The first-order chi connectivity index (χ1) is 14.7. The van der Waals surface area contributed by atoms with E-state index in [1.807, 2.05) is 36.6 Å². The minimum Gasteiger partial charge on any atom is -0.480 e. The lowest BCUT2D eigenvalue weighted by atomic mass is 10.0. The largest absolute Gasteiger partial charge is 0.480 e. The lowest BCUT2D eigenvalue weighted by Crippen LogP contribution is -2.55. The second-order valence-electron chi connectivity index (χ2n) is 6.99. The summed E-state index contributed by atoms with van der Waals surface area (Å²) in [4.78, 5) is 40.7. The molecule has 1 rings (SSSR count). The fraction of sp³-hybridized carbons (Fsp3) is 0.500. The number of carbonyl (C=O) groups is 3. The molecule has 172 valence electrons. The maximum atomic E-state index is 12.8. The average molecular weight is 453 g/mol. The summed E-state index contributed by atoms with van der Waals surface area (Å²) >= 11 is 1.49. The Balaban J connectivity index is 2.82. The zero-order valence-corrected chi connectivity index (χ0v) is 18.4. The van der Waals surface area contributed by atoms with Crippen molar-refractivity contribution in [1.29, 1.82) is 0 Å². The van der Waals surface area contributed by atoms with Gasteiger partial charge in [-0.1, -0.05) is 30.3 Å². The smallest absolute Gasteiger partial charge is 0.326 e. The molecule has 0 bridgehead atoms. The molecule has 31 heavy (non-hydrogen) atoms. The van der Waals surface area contributed by atoms with Gasteiger partial charge in [0.05, 0.1) is 6.04 Å². The number of hydrogen-bond acceptors (Lipinski definition) is 6. The summed E-state index contributed by atoms with van der Waals surface area (Å²) in [6.07, 6.45) is 3.16. The molecule has 0 aliphatic heterocycles. The van der Waals surface area contributed by atoms with Crippen LogP contribution in [-0.2, 0) is 20.8 Å². The van der Waals surface area contributed by atoms with Gasteiger partial charge in [-0.25, -0.2) is 4.79 Å². The first-order valence-electron chi connectivity index (χ1n) is 9.92. The molecule has 0 aliphatic carbocycles. The second-order valence-corrected chi connectivity index (χ2v) is 7.97. The van der Waals surface area contributed by atoms with Crippen LogP contribution in [0.25, 0.3) is 0 Å². The number of amides is 2. The molecule has 0 aromatic heterocycles. The summed E-state index contributed by atoms with van der Waals surface area (Å²) in [5, 5.41) is 14.6. The Morgan fingerprint density at radius 1 is 1.06 bits per heavy atom. The van der Waals surface area contributed by atoms with E-state index in [2.05, 4.69) is 15.6 Å². The standard InChI is InChI=1S/C20H32N6O4S/c1-31-11-9-15(19(29)30)25-18(28)16(12-13-6-3-2-4-7-13)26-17(27)14(21)8-5-10-24-20(22)23/h2-4,6-7,14-16H,5,8-12,21H2,1H3,(H,25,28)(H,26,27)(H,29,30)(H4,22,23,24). The molecule has 2 amide bonds. The van der Waals surface area contributed by atoms with Crippen LogP contribution in [0.5, 0.6) is 0 Å². The number of nitrogens with one attached hydrogen (secondary N) is 2. The number of nitrogens with two attached hydrogens (primary N) is 3. The summed E-state index contributed by atoms with van der Waals surface area (Å²) in [5.41, 5.74) is 17.3. The van der Waals surface area contributed by atoms with Crippen molar-refractivity contribution >= 4 is 35.5 Å². The molecule has 9 N–H and O–H groups in total. The Bertz CT molecular complexity index is 742. The molecule has 0 fully saturated rings. The Labute approximate surface area is 186 Å². The van der Waals surface area contributed by atoms with Crippen molar-refractivity contribution in [2.75, 3.05) is 18.6 Å². The van der Waals surface area contributed by atoms with E-state index in [1.54, 1.807) is 0 Å². The van der Waals surface area contributed by atoms with E-state index in [0.29, 0.717) is 25.1 Å². The SMILES string of the molecule is CSCCC(NC(=O)C(Cc1ccccc1)NC(=O)C(N)CCCN=C(N)N)C(=O)O. The Kier molecular flexibility index (Phi) is 12.1. The van der Waals surface area contributed by atoms with Crippen LogP contribution >= 0.6 is 11.8 Å². The van der Waals surface area contributed by atoms with Crippen LogP contribution in [0.4, 0.5) is 0 Å². The van der Waals surface area contributed by atoms with Gasteiger partial charge in [0.1, 0.15) is 12.1 Å². The third kappa shape index (κ3) is 10.7. The molecule has 0 saturated carbocycles. The fourth-order valence-electron chi connectivity index (χ4n) is 2.75. The zero-order valence-electron chi connectivity index (χ0n) is 17.6. The highest BCUT2D eigenvalue weighted by Crippen LogP contribution is 2.07. The third-order valence-corrected chi connectivity index (χ3v) is 5.09. The number of nitrogens with zero attached hydrogens (tertiary/aromatic N) is 1. The minimum absolute atomic E-state index is 0.0351. The van der Waals surface area contributed by atoms with E-state index in [9.17, 15) is 19.5 Å². The number of carbonyl (C=O) groups excluding carboxylic acids is 2. The number of benzene rings is 1. The van der Waals surface area contributed by atoms with Gasteiger partial charge in [-0.3, -0.25) is 14.6 Å². The first-order valence-corrected chi connectivity index (χ1v) is 11.3. The van der Waals surface area contributed by atoms with E-state index >= 15 is 0 Å². The average Bonchev–Trinajstić information content (AvgIpc) is 2.73. The van der Waals surface area contributed by atoms with Crippen molar-refractivity contribution in [2.24, 2.45) is 22.2 Å². The van der Waals surface area contributed by atoms with Crippen LogP contribution in [0.3, 0.4) is 0 Å². The van der Waals surface area contributed by atoms with Crippen LogP contribution in [0.1, 0.15) is 24.8 Å². The van der Waals surface area contributed by atoms with Crippen LogP contribution in [0.15, 0.2) is 35.3 Å². The number of thioether (sulfide) groups is 1. The Morgan fingerprint density at radius 3 is 2.29 bits per heavy atom. The monoisotopic (exact) mass is 452 g/mol. The van der Waals surface area contributed by atoms with Gasteiger partial charge in [-0.05, 0) is 36.8 Å². The molecule has 0 heterocycles. The molecule has 0 aliphatic rings. The minimum atomic E-state index is -1.12. The van der Waals surface area contributed by atoms with Gasteiger partial charge in [-0.2, -0.15) is 11.8 Å². The predicted octanol–water partition coefficient (Wildman–Crippen LogP) is -0.583. The van der Waals surface area contributed by atoms with Crippen molar-refractivity contribution in [3.8, 4) is 0 Å². The van der Waals surface area contributed by atoms with Gasteiger partial charge >= 0.3 is 5.97 Å². The molecule has 1 aromatic rings. The van der Waals surface area contributed by atoms with Crippen molar-refractivity contribution in [2.45, 2.75) is 43.8 Å². The highest BCUT2D eigenvalue weighted by Gasteiger charge is 2.28. The number of aliphatic carboxylic acids is 1. The molecular formula is C20H32N6O4S. The van der Waals surface area contributed by atoms with E-state index in [1.165, 1.54) is 11.8 Å². The molecular weight excluding hydrogens is 420 g/mol. The molecule has 3 atom stereocenters. The van der Waals surface area contributed by atoms with Gasteiger partial charge in [-0.15, -0.1) is 0 Å². The van der Waals surface area contributed by atoms with Crippen molar-refractivity contribution in [1.82, 2.24) is 10.6 Å². The first kappa shape index (κ1) is 26.2. The van der Waals surface area contributed by atoms with E-state index in [4.69, 9.17) is 17.2 Å². The highest BCUT2D eigenvalue weighted by molar-refractivity contribution is 7.98. The number of aliphatic imine (C=N–C) groups is 1. The lowest BCUT2D eigenvalue weighted by Gasteiger charge is -2.23. The summed E-state index contributed by atoms with van der Waals surface area (Å²) in [5.74, 6) is -1.65. The highest BCUT2D eigenvalue weighted by atomic mass is 32.2. The lowest BCUT2D eigenvalue weighted by molar-refractivity contribution is -0.142. The molecule has 0 saturated heterocycles. The third-order valence-electron chi connectivity index (χ3n) is 4.45. The molecule has 0 spiro atoms. The number of rotatable bonds is 14. The summed E-state index contributed by atoms with van der Waals surface area (Å²) in [7, 11) is 0. The normalized spacial score (nSPS) is 13.5. The summed E-state index contributed by atoms with van der Waals surface area (Å²) in [6.45, 7) is 0.340. The molecule has 11 heteroatoms. The van der Waals surface area contributed by atoms with Gasteiger partial charge in [0, 0.05) is 13.0 Å². The van der Waals surface area contributed by atoms with Crippen molar-refractivity contribution < 1.29 is 19.5 Å². The van der Waals surface area contributed by atoms with Crippen LogP contribution in [0.2, 0.25) is 0 Å². The number of hydrogen-bond donors (Lipinski definition) is 6. The van der Waals surface area contributed by atoms with Crippen LogP contribution in [-0.4, -0.2) is 65.5 Å². The number of guanidine groups is 1. The number of carboxylic acid groups (broad SMARTS) is 1.